The van der Waals surface area contributed by atoms with E-state index in [1.54, 1.807) is 12.1 Å². The van der Waals surface area contributed by atoms with E-state index in [1.165, 1.54) is 7.11 Å². The van der Waals surface area contributed by atoms with Crippen LogP contribution in [0.2, 0.25) is 0 Å². The lowest BCUT2D eigenvalue weighted by Gasteiger charge is -2.09. The molecule has 0 radical (unpaired) electrons. The van der Waals surface area contributed by atoms with Gasteiger partial charge in [0.25, 0.3) is 0 Å². The normalized spacial score (nSPS) is 10.3. The Labute approximate surface area is 83.9 Å². The van der Waals surface area contributed by atoms with Gasteiger partial charge in [-0.25, -0.2) is 4.79 Å². The van der Waals surface area contributed by atoms with Gasteiger partial charge in [-0.1, -0.05) is 19.9 Å². The second-order valence-corrected chi connectivity index (χ2v) is 3.49. The van der Waals surface area contributed by atoms with Gasteiger partial charge in [0.2, 0.25) is 0 Å². The zero-order valence-electron chi connectivity index (χ0n) is 8.70. The van der Waals surface area contributed by atoms with E-state index in [2.05, 4.69) is 18.6 Å². The standard InChI is InChI=1S/C11H15NO2/c1-7(2)8-4-5-10(12)9(6-8)11(13)14-3/h4-7H,12H2,1-3H3. The summed E-state index contributed by atoms with van der Waals surface area (Å²) in [7, 11) is 1.35. The van der Waals surface area contributed by atoms with Crippen LogP contribution in [0, 0.1) is 0 Å². The molecule has 0 saturated carbocycles. The first-order valence-corrected chi connectivity index (χ1v) is 4.54. The van der Waals surface area contributed by atoms with Crippen molar-refractivity contribution >= 4 is 11.7 Å². The summed E-state index contributed by atoms with van der Waals surface area (Å²) < 4.78 is 4.63. The quantitative estimate of drug-likeness (QED) is 0.578. The lowest BCUT2D eigenvalue weighted by molar-refractivity contribution is 0.0602. The molecule has 0 saturated heterocycles. The number of hydrogen-bond donors (Lipinski definition) is 1. The van der Waals surface area contributed by atoms with E-state index in [1.807, 2.05) is 6.07 Å². The average molecular weight is 193 g/mol. The molecule has 0 aliphatic carbocycles. The summed E-state index contributed by atoms with van der Waals surface area (Å²) in [5.74, 6) is -0.0102. The Morgan fingerprint density at radius 2 is 2.07 bits per heavy atom. The minimum Gasteiger partial charge on any atom is -0.465 e. The van der Waals surface area contributed by atoms with E-state index < -0.39 is 0 Å². The molecule has 0 aliphatic heterocycles. The van der Waals surface area contributed by atoms with E-state index in [4.69, 9.17) is 5.73 Å². The van der Waals surface area contributed by atoms with Crippen LogP contribution in [0.4, 0.5) is 5.69 Å². The van der Waals surface area contributed by atoms with Crippen LogP contribution in [0.5, 0.6) is 0 Å². The SMILES string of the molecule is COC(=O)c1cc(C(C)C)ccc1N. The molecule has 14 heavy (non-hydrogen) atoms. The fraction of sp³-hybridized carbons (Fsp3) is 0.364. The van der Waals surface area contributed by atoms with Crippen LogP contribution < -0.4 is 5.73 Å². The predicted molar refractivity (Wildman–Crippen MR) is 56.3 cm³/mol. The molecule has 0 aromatic heterocycles. The fourth-order valence-electron chi connectivity index (χ4n) is 1.22. The highest BCUT2D eigenvalue weighted by Crippen LogP contribution is 2.20. The van der Waals surface area contributed by atoms with Crippen molar-refractivity contribution in [2.75, 3.05) is 12.8 Å². The molecule has 0 heterocycles. The number of rotatable bonds is 2. The van der Waals surface area contributed by atoms with E-state index in [-0.39, 0.29) is 5.97 Å². The molecule has 1 aromatic rings. The molecule has 76 valence electrons. The Balaban J connectivity index is 3.15. The highest BCUT2D eigenvalue weighted by atomic mass is 16.5. The summed E-state index contributed by atoms with van der Waals surface area (Å²) in [4.78, 5) is 11.3. The van der Waals surface area contributed by atoms with Gasteiger partial charge >= 0.3 is 5.97 Å². The Morgan fingerprint density at radius 3 is 2.57 bits per heavy atom. The molecular weight excluding hydrogens is 178 g/mol. The number of hydrogen-bond acceptors (Lipinski definition) is 3. The van der Waals surface area contributed by atoms with Gasteiger partial charge in [-0.05, 0) is 23.6 Å². The van der Waals surface area contributed by atoms with Crippen molar-refractivity contribution in [1.29, 1.82) is 0 Å². The largest absolute Gasteiger partial charge is 0.465 e. The van der Waals surface area contributed by atoms with Crippen LogP contribution in [0.3, 0.4) is 0 Å². The molecule has 0 spiro atoms. The third kappa shape index (κ3) is 2.05. The molecular formula is C11H15NO2. The maximum Gasteiger partial charge on any atom is 0.339 e. The summed E-state index contributed by atoms with van der Waals surface area (Å²) in [6.45, 7) is 4.12. The third-order valence-electron chi connectivity index (χ3n) is 2.15. The molecule has 2 N–H and O–H groups in total. The molecule has 0 bridgehead atoms. The lowest BCUT2D eigenvalue weighted by Crippen LogP contribution is -2.06. The summed E-state index contributed by atoms with van der Waals surface area (Å²) >= 11 is 0. The predicted octanol–water partition coefficient (Wildman–Crippen LogP) is 2.18. The highest BCUT2D eigenvalue weighted by Gasteiger charge is 2.11. The van der Waals surface area contributed by atoms with Crippen LogP contribution in [-0.2, 0) is 4.74 Å². The van der Waals surface area contributed by atoms with Crippen LogP contribution in [0.15, 0.2) is 18.2 Å². The molecule has 0 amide bonds. The van der Waals surface area contributed by atoms with Gasteiger partial charge < -0.3 is 10.5 Å². The first kappa shape index (κ1) is 10.6. The van der Waals surface area contributed by atoms with Crippen molar-refractivity contribution in [1.82, 2.24) is 0 Å². The summed E-state index contributed by atoms with van der Waals surface area (Å²) in [5.41, 5.74) is 7.65. The fourth-order valence-corrected chi connectivity index (χ4v) is 1.22. The number of nitrogen functional groups attached to an aromatic ring is 1. The smallest absolute Gasteiger partial charge is 0.339 e. The summed E-state index contributed by atoms with van der Waals surface area (Å²) in [6, 6.07) is 5.44. The van der Waals surface area contributed by atoms with Gasteiger partial charge in [0.15, 0.2) is 0 Å². The Hall–Kier alpha value is -1.51. The Kier molecular flexibility index (Phi) is 3.12. The minimum atomic E-state index is -0.384. The molecule has 1 rings (SSSR count). The summed E-state index contributed by atoms with van der Waals surface area (Å²) in [5, 5.41) is 0. The van der Waals surface area contributed by atoms with Crippen LogP contribution in [-0.4, -0.2) is 13.1 Å². The highest BCUT2D eigenvalue weighted by molar-refractivity contribution is 5.95. The zero-order valence-corrected chi connectivity index (χ0v) is 8.70. The number of methoxy groups -OCH3 is 1. The molecule has 0 fully saturated rings. The number of anilines is 1. The first-order valence-electron chi connectivity index (χ1n) is 4.54. The van der Waals surface area contributed by atoms with Gasteiger partial charge in [-0.15, -0.1) is 0 Å². The Morgan fingerprint density at radius 1 is 1.43 bits per heavy atom. The minimum absolute atomic E-state index is 0.374. The Bertz CT molecular complexity index is 345. The van der Waals surface area contributed by atoms with Gasteiger partial charge in [-0.3, -0.25) is 0 Å². The lowest BCUT2D eigenvalue weighted by atomic mass is 10.00. The van der Waals surface area contributed by atoms with Crippen molar-refractivity contribution < 1.29 is 9.53 Å². The maximum atomic E-state index is 11.3. The van der Waals surface area contributed by atoms with Crippen LogP contribution >= 0.6 is 0 Å². The van der Waals surface area contributed by atoms with Crippen molar-refractivity contribution in [3.8, 4) is 0 Å². The van der Waals surface area contributed by atoms with E-state index in [0.29, 0.717) is 17.2 Å². The monoisotopic (exact) mass is 193 g/mol. The zero-order chi connectivity index (χ0) is 10.7. The van der Waals surface area contributed by atoms with Gasteiger partial charge in [0.05, 0.1) is 12.7 Å². The van der Waals surface area contributed by atoms with E-state index >= 15 is 0 Å². The van der Waals surface area contributed by atoms with Crippen molar-refractivity contribution in [2.45, 2.75) is 19.8 Å². The number of carbonyl (C=O) groups is 1. The number of esters is 1. The molecule has 1 aromatic carbocycles. The number of nitrogens with two attached hydrogens (primary N) is 1. The molecule has 3 nitrogen and oxygen atoms in total. The van der Waals surface area contributed by atoms with Crippen molar-refractivity contribution in [3.63, 3.8) is 0 Å². The second-order valence-electron chi connectivity index (χ2n) is 3.49. The van der Waals surface area contributed by atoms with Crippen molar-refractivity contribution in [3.05, 3.63) is 29.3 Å². The molecule has 3 heteroatoms. The number of benzene rings is 1. The third-order valence-corrected chi connectivity index (χ3v) is 2.15. The van der Waals surface area contributed by atoms with Crippen molar-refractivity contribution in [2.24, 2.45) is 0 Å². The van der Waals surface area contributed by atoms with Crippen LogP contribution in [0.1, 0.15) is 35.7 Å². The number of carbonyl (C=O) groups excluding carboxylic acids is 1. The summed E-state index contributed by atoms with van der Waals surface area (Å²) in [6.07, 6.45) is 0. The van der Waals surface area contributed by atoms with Gasteiger partial charge in [-0.2, -0.15) is 0 Å². The van der Waals surface area contributed by atoms with Gasteiger partial charge in [0, 0.05) is 5.69 Å². The molecule has 0 aliphatic rings. The second kappa shape index (κ2) is 4.13. The van der Waals surface area contributed by atoms with E-state index in [0.717, 1.165) is 5.56 Å². The van der Waals surface area contributed by atoms with Gasteiger partial charge in [0.1, 0.15) is 0 Å². The van der Waals surface area contributed by atoms with E-state index in [9.17, 15) is 4.79 Å². The first-order chi connectivity index (χ1) is 6.56. The maximum absolute atomic E-state index is 11.3. The van der Waals surface area contributed by atoms with Crippen LogP contribution in [0.25, 0.3) is 0 Å². The topological polar surface area (TPSA) is 52.3 Å². The molecule has 0 unspecified atom stereocenters. The molecule has 0 atom stereocenters. The number of ether oxygens (including phenoxy) is 1. The average Bonchev–Trinajstić information content (AvgIpc) is 2.17.